The van der Waals surface area contributed by atoms with Crippen LogP contribution in [0, 0.1) is 0 Å². The molecule has 3 aromatic carbocycles. The van der Waals surface area contributed by atoms with Crippen molar-refractivity contribution in [3.8, 4) is 0 Å². The highest BCUT2D eigenvalue weighted by Crippen LogP contribution is 2.40. The van der Waals surface area contributed by atoms with Crippen LogP contribution >= 0.6 is 43.6 Å². The van der Waals surface area contributed by atoms with E-state index in [0.29, 0.717) is 30.8 Å². The van der Waals surface area contributed by atoms with Gasteiger partial charge < -0.3 is 11.1 Å². The van der Waals surface area contributed by atoms with E-state index in [9.17, 15) is 13.2 Å². The zero-order chi connectivity index (χ0) is 22.2. The highest BCUT2D eigenvalue weighted by Gasteiger charge is 2.25. The quantitative estimate of drug-likeness (QED) is 0.299. The lowest BCUT2D eigenvalue weighted by Crippen LogP contribution is -2.18. The summed E-state index contributed by atoms with van der Waals surface area (Å²) >= 11 is 8.12. The van der Waals surface area contributed by atoms with Gasteiger partial charge in [-0.05, 0) is 59.7 Å². The van der Waals surface area contributed by atoms with Crippen LogP contribution in [0.25, 0.3) is 6.08 Å². The van der Waals surface area contributed by atoms with E-state index < -0.39 is 9.84 Å². The average Bonchev–Trinajstić information content (AvgIpc) is 2.72. The van der Waals surface area contributed by atoms with Crippen LogP contribution in [0.1, 0.15) is 11.1 Å². The Hall–Kier alpha value is -2.07. The van der Waals surface area contributed by atoms with E-state index in [1.807, 2.05) is 18.2 Å². The van der Waals surface area contributed by atoms with E-state index in [1.165, 1.54) is 17.8 Å². The monoisotopic (exact) mass is 578 g/mol. The molecule has 0 bridgehead atoms. The van der Waals surface area contributed by atoms with Gasteiger partial charge in [0.25, 0.3) is 5.91 Å². The fourth-order valence-electron chi connectivity index (χ4n) is 3.02. The molecule has 9 heteroatoms. The number of benzene rings is 3. The Balaban J connectivity index is 1.62. The number of nitrogens with one attached hydrogen (secondary N) is 1. The molecule has 0 radical (unpaired) electrons. The number of carbonyl (C=O) groups is 1. The number of sulfone groups is 1. The van der Waals surface area contributed by atoms with E-state index in [4.69, 9.17) is 5.73 Å². The Morgan fingerprint density at radius 1 is 1.00 bits per heavy atom. The number of hydrogen-bond acceptors (Lipinski definition) is 5. The number of halogens is 2. The number of nitrogen functional groups attached to an aromatic ring is 1. The predicted molar refractivity (Wildman–Crippen MR) is 132 cm³/mol. The van der Waals surface area contributed by atoms with E-state index in [-0.39, 0.29) is 16.6 Å². The molecule has 0 aromatic heterocycles. The van der Waals surface area contributed by atoms with Crippen LogP contribution in [0.3, 0.4) is 0 Å². The van der Waals surface area contributed by atoms with Gasteiger partial charge in [-0.25, -0.2) is 8.42 Å². The molecule has 31 heavy (non-hydrogen) atoms. The third-order valence-corrected chi connectivity index (χ3v) is 8.86. The van der Waals surface area contributed by atoms with Gasteiger partial charge >= 0.3 is 0 Å². The van der Waals surface area contributed by atoms with E-state index in [0.717, 1.165) is 10.5 Å². The fourth-order valence-corrected chi connectivity index (χ4v) is 7.03. The second-order valence-corrected chi connectivity index (χ2v) is 11.6. The van der Waals surface area contributed by atoms with Crippen molar-refractivity contribution in [2.24, 2.45) is 0 Å². The summed E-state index contributed by atoms with van der Waals surface area (Å²) < 4.78 is 27.5. The van der Waals surface area contributed by atoms with E-state index >= 15 is 0 Å². The molecule has 0 atom stereocenters. The van der Waals surface area contributed by atoms with Gasteiger partial charge in [0, 0.05) is 19.5 Å². The van der Waals surface area contributed by atoms with E-state index in [2.05, 4.69) is 37.2 Å². The first-order valence-electron chi connectivity index (χ1n) is 9.09. The molecule has 5 nitrogen and oxygen atoms in total. The summed E-state index contributed by atoms with van der Waals surface area (Å²) in [5.74, 6) is -0.450. The van der Waals surface area contributed by atoms with Crippen molar-refractivity contribution in [3.05, 3.63) is 85.6 Å². The minimum absolute atomic E-state index is 0.153. The van der Waals surface area contributed by atoms with Crippen LogP contribution in [-0.4, -0.2) is 14.3 Å². The van der Waals surface area contributed by atoms with Gasteiger partial charge in [0.15, 0.2) is 9.84 Å². The first kappa shape index (κ1) is 22.1. The van der Waals surface area contributed by atoms with Crippen molar-refractivity contribution in [2.45, 2.75) is 15.5 Å². The maximum Gasteiger partial charge on any atom is 0.262 e. The summed E-state index contributed by atoms with van der Waals surface area (Å²) in [6.07, 6.45) is 1.78. The summed E-state index contributed by atoms with van der Waals surface area (Å²) in [7, 11) is -3.62. The topological polar surface area (TPSA) is 89.3 Å². The van der Waals surface area contributed by atoms with Crippen LogP contribution in [0.4, 0.5) is 11.4 Å². The first-order chi connectivity index (χ1) is 14.7. The molecule has 0 aliphatic carbocycles. The molecule has 0 fully saturated rings. The second-order valence-electron chi connectivity index (χ2n) is 6.85. The summed E-state index contributed by atoms with van der Waals surface area (Å²) in [6, 6.07) is 17.4. The van der Waals surface area contributed by atoms with Crippen molar-refractivity contribution in [2.75, 3.05) is 11.1 Å². The molecule has 1 aliphatic heterocycles. The highest BCUT2D eigenvalue weighted by molar-refractivity contribution is 9.11. The third kappa shape index (κ3) is 4.90. The molecule has 0 saturated carbocycles. The standard InChI is InChI=1S/C22H16Br2N2O3S2/c23-17-2-1-3-18(24)16(17)12-31(28,29)15-8-9-20-19(11-15)26-22(27)21(30-20)10-13-4-6-14(25)7-5-13/h1-11H,12,25H2,(H,26,27)/b21-10-. The van der Waals surface area contributed by atoms with E-state index in [1.54, 1.807) is 42.5 Å². The molecule has 1 amide bonds. The average molecular weight is 580 g/mol. The molecule has 3 aromatic rings. The smallest absolute Gasteiger partial charge is 0.262 e. The van der Waals surface area contributed by atoms with Gasteiger partial charge in [-0.15, -0.1) is 0 Å². The summed E-state index contributed by atoms with van der Waals surface area (Å²) in [5.41, 5.74) is 8.34. The highest BCUT2D eigenvalue weighted by atomic mass is 79.9. The number of thioether (sulfide) groups is 1. The van der Waals surface area contributed by atoms with Gasteiger partial charge in [-0.3, -0.25) is 4.79 Å². The summed E-state index contributed by atoms with van der Waals surface area (Å²) in [4.78, 5) is 14.0. The number of rotatable bonds is 4. The number of carbonyl (C=O) groups excluding carboxylic acids is 1. The Bertz CT molecular complexity index is 1300. The maximum absolute atomic E-state index is 13.0. The molecule has 0 saturated heterocycles. The number of hydrogen-bond donors (Lipinski definition) is 2. The van der Waals surface area contributed by atoms with Crippen molar-refractivity contribution < 1.29 is 13.2 Å². The Morgan fingerprint density at radius 3 is 2.35 bits per heavy atom. The molecule has 0 spiro atoms. The molecule has 0 unspecified atom stereocenters. The van der Waals surface area contributed by atoms with Crippen molar-refractivity contribution >= 4 is 76.8 Å². The van der Waals surface area contributed by atoms with Crippen LogP contribution in [0.15, 0.2) is 84.3 Å². The molecule has 1 aliphatic rings. The number of fused-ring (bicyclic) bond motifs is 1. The second kappa shape index (κ2) is 8.82. The van der Waals surface area contributed by atoms with Crippen LogP contribution in [0.2, 0.25) is 0 Å². The lowest BCUT2D eigenvalue weighted by atomic mass is 10.2. The zero-order valence-electron chi connectivity index (χ0n) is 15.9. The lowest BCUT2D eigenvalue weighted by molar-refractivity contribution is -0.112. The maximum atomic E-state index is 13.0. The Morgan fingerprint density at radius 2 is 1.68 bits per heavy atom. The molecular formula is C22H16Br2N2O3S2. The zero-order valence-corrected chi connectivity index (χ0v) is 20.7. The van der Waals surface area contributed by atoms with Crippen molar-refractivity contribution in [1.82, 2.24) is 0 Å². The minimum Gasteiger partial charge on any atom is -0.399 e. The molecule has 3 N–H and O–H groups in total. The van der Waals surface area contributed by atoms with Gasteiger partial charge in [0.2, 0.25) is 0 Å². The van der Waals surface area contributed by atoms with Gasteiger partial charge in [0.1, 0.15) is 0 Å². The molecule has 158 valence electrons. The summed E-state index contributed by atoms with van der Waals surface area (Å²) in [5, 5.41) is 2.81. The lowest BCUT2D eigenvalue weighted by Gasteiger charge is -2.19. The summed E-state index contributed by atoms with van der Waals surface area (Å²) in [6.45, 7) is 0. The first-order valence-corrected chi connectivity index (χ1v) is 13.1. The van der Waals surface area contributed by atoms with Gasteiger partial charge in [-0.1, -0.05) is 61.8 Å². The van der Waals surface area contributed by atoms with Crippen molar-refractivity contribution in [3.63, 3.8) is 0 Å². The third-order valence-electron chi connectivity index (χ3n) is 4.63. The SMILES string of the molecule is Nc1ccc(/C=C2\Sc3ccc(S(=O)(=O)Cc4c(Br)cccc4Br)cc3NC2=O)cc1. The molecule has 4 rings (SSSR count). The predicted octanol–water partition coefficient (Wildman–Crippen LogP) is 5.85. The minimum atomic E-state index is -3.62. The van der Waals surface area contributed by atoms with Crippen molar-refractivity contribution in [1.29, 1.82) is 0 Å². The molecular weight excluding hydrogens is 564 g/mol. The number of amides is 1. The molecule has 1 heterocycles. The Kier molecular flexibility index (Phi) is 6.30. The van der Waals surface area contributed by atoms with Gasteiger partial charge in [0.05, 0.1) is 21.2 Å². The largest absolute Gasteiger partial charge is 0.399 e. The number of anilines is 2. The van der Waals surface area contributed by atoms with Crippen LogP contribution in [0.5, 0.6) is 0 Å². The Labute approximate surface area is 201 Å². The normalized spacial score (nSPS) is 14.9. The number of nitrogens with two attached hydrogens (primary N) is 1. The van der Waals surface area contributed by atoms with Crippen LogP contribution < -0.4 is 11.1 Å². The van der Waals surface area contributed by atoms with Crippen LogP contribution in [-0.2, 0) is 20.4 Å². The van der Waals surface area contributed by atoms with Gasteiger partial charge in [-0.2, -0.15) is 0 Å². The fraction of sp³-hybridized carbons (Fsp3) is 0.0455.